The minimum atomic E-state index is -0.252. The zero-order valence-corrected chi connectivity index (χ0v) is 23.2. The van der Waals surface area contributed by atoms with E-state index < -0.39 is 0 Å². The summed E-state index contributed by atoms with van der Waals surface area (Å²) in [5.74, 6) is -0.252. The van der Waals surface area contributed by atoms with Crippen LogP contribution < -0.4 is 10.6 Å². The fraction of sp³-hybridized carbons (Fsp3) is 0.273. The Morgan fingerprint density at radius 3 is 2.45 bits per heavy atom. The molecule has 0 atom stereocenters. The molecule has 1 aliphatic rings. The van der Waals surface area contributed by atoms with E-state index >= 15 is 0 Å². The molecular formula is C33H40N4O. The van der Waals surface area contributed by atoms with Gasteiger partial charge in [0.2, 0.25) is 0 Å². The van der Waals surface area contributed by atoms with Crippen molar-refractivity contribution < 1.29 is 4.79 Å². The van der Waals surface area contributed by atoms with E-state index in [1.807, 2.05) is 75.4 Å². The lowest BCUT2D eigenvalue weighted by molar-refractivity contribution is -0.112. The number of allylic oxidation sites excluding steroid dienone is 2. The minimum Gasteiger partial charge on any atom is -0.321 e. The molecule has 1 heterocycles. The number of hydrogen-bond donors (Lipinski definition) is 2. The quantitative estimate of drug-likeness (QED) is 0.224. The average molecular weight is 509 g/mol. The number of aryl methyl sites for hydroxylation is 1. The third-order valence-electron chi connectivity index (χ3n) is 6.54. The molecule has 0 spiro atoms. The number of hydrogen-bond acceptors (Lipinski definition) is 4. The zero-order chi connectivity index (χ0) is 27.5. The first kappa shape index (κ1) is 28.8. The molecule has 2 N–H and O–H groups in total. The van der Waals surface area contributed by atoms with Crippen molar-refractivity contribution in [3.05, 3.63) is 119 Å². The van der Waals surface area contributed by atoms with Gasteiger partial charge in [-0.15, -0.1) is 0 Å². The lowest BCUT2D eigenvalue weighted by Crippen LogP contribution is -2.44. The van der Waals surface area contributed by atoms with Gasteiger partial charge in [0.1, 0.15) is 0 Å². The molecule has 0 aromatic heterocycles. The number of rotatable bonds is 10. The fourth-order valence-electron chi connectivity index (χ4n) is 4.17. The highest BCUT2D eigenvalue weighted by Crippen LogP contribution is 2.21. The van der Waals surface area contributed by atoms with E-state index in [2.05, 4.69) is 47.8 Å². The fourth-order valence-corrected chi connectivity index (χ4v) is 4.17. The summed E-state index contributed by atoms with van der Waals surface area (Å²) in [6.45, 7) is 21.2. The third kappa shape index (κ3) is 8.37. The Hall–Kier alpha value is -3.80. The highest BCUT2D eigenvalue weighted by Gasteiger charge is 2.13. The Morgan fingerprint density at radius 2 is 1.76 bits per heavy atom. The van der Waals surface area contributed by atoms with Crippen molar-refractivity contribution in [2.75, 3.05) is 38.0 Å². The first-order chi connectivity index (χ1) is 18.3. The van der Waals surface area contributed by atoms with Gasteiger partial charge in [0.25, 0.3) is 5.91 Å². The topological polar surface area (TPSA) is 56.7 Å². The van der Waals surface area contributed by atoms with Crippen LogP contribution in [-0.4, -0.2) is 49.2 Å². The molecule has 5 heteroatoms. The van der Waals surface area contributed by atoms with Crippen molar-refractivity contribution in [1.29, 1.82) is 0 Å². The Morgan fingerprint density at radius 1 is 1.08 bits per heavy atom. The van der Waals surface area contributed by atoms with E-state index in [1.165, 1.54) is 5.57 Å². The smallest absolute Gasteiger partial charge is 0.255 e. The second kappa shape index (κ2) is 14.2. The largest absolute Gasteiger partial charge is 0.321 e. The van der Waals surface area contributed by atoms with Gasteiger partial charge < -0.3 is 10.6 Å². The Labute approximate surface area is 228 Å². The maximum absolute atomic E-state index is 13.0. The third-order valence-corrected chi connectivity index (χ3v) is 6.54. The molecule has 38 heavy (non-hydrogen) atoms. The van der Waals surface area contributed by atoms with Crippen LogP contribution in [0.2, 0.25) is 0 Å². The second-order valence-electron chi connectivity index (χ2n) is 9.61. The van der Waals surface area contributed by atoms with Crippen molar-refractivity contribution in [3.8, 4) is 0 Å². The predicted octanol–water partition coefficient (Wildman–Crippen LogP) is 6.32. The standard InChI is InChI=1S/C33H40N4O/c1-7-28(23-37-20-18-34-19-21-37)22-32(24(2)3)35-27(6)30-14-10-11-15-31(30)36-33(38)26(5)16-17-29-13-9-8-12-25(29)4/h7-17,22,34H,2,5,18-21,23H2,1,3-4,6H3,(H,36,38)/b17-16-,28-7+,32-22+,35-27?. The minimum absolute atomic E-state index is 0.252. The van der Waals surface area contributed by atoms with E-state index in [-0.39, 0.29) is 5.91 Å². The predicted molar refractivity (Wildman–Crippen MR) is 163 cm³/mol. The lowest BCUT2D eigenvalue weighted by Gasteiger charge is -2.27. The van der Waals surface area contributed by atoms with Crippen molar-refractivity contribution in [2.45, 2.75) is 27.7 Å². The van der Waals surface area contributed by atoms with Crippen LogP contribution in [0.1, 0.15) is 37.5 Å². The number of nitrogens with one attached hydrogen (secondary N) is 2. The van der Waals surface area contributed by atoms with Gasteiger partial charge in [-0.05, 0) is 68.2 Å². The Balaban J connectivity index is 1.78. The number of anilines is 1. The maximum atomic E-state index is 13.0. The monoisotopic (exact) mass is 508 g/mol. The first-order valence-electron chi connectivity index (χ1n) is 13.1. The van der Waals surface area contributed by atoms with E-state index in [0.717, 1.165) is 66.4 Å². The van der Waals surface area contributed by atoms with Crippen molar-refractivity contribution in [3.63, 3.8) is 0 Å². The maximum Gasteiger partial charge on any atom is 0.255 e. The summed E-state index contributed by atoms with van der Waals surface area (Å²) in [7, 11) is 0. The Bertz CT molecular complexity index is 1290. The summed E-state index contributed by atoms with van der Waals surface area (Å²) in [6.07, 6.45) is 7.92. The van der Waals surface area contributed by atoms with Crippen LogP contribution in [-0.2, 0) is 4.79 Å². The first-order valence-corrected chi connectivity index (χ1v) is 13.1. The van der Waals surface area contributed by atoms with Gasteiger partial charge in [0.05, 0.1) is 11.4 Å². The second-order valence-corrected chi connectivity index (χ2v) is 9.61. The van der Waals surface area contributed by atoms with Crippen LogP contribution in [0.4, 0.5) is 5.69 Å². The van der Waals surface area contributed by atoms with Crippen LogP contribution in [0.3, 0.4) is 0 Å². The Kier molecular flexibility index (Phi) is 10.8. The summed E-state index contributed by atoms with van der Waals surface area (Å²) in [4.78, 5) is 20.3. The number of para-hydroxylation sites is 1. The van der Waals surface area contributed by atoms with Crippen LogP contribution >= 0.6 is 0 Å². The van der Waals surface area contributed by atoms with Crippen molar-refractivity contribution in [2.24, 2.45) is 4.99 Å². The molecule has 1 saturated heterocycles. The summed E-state index contributed by atoms with van der Waals surface area (Å²) < 4.78 is 0. The van der Waals surface area contributed by atoms with Crippen LogP contribution in [0.5, 0.6) is 0 Å². The van der Waals surface area contributed by atoms with E-state index in [9.17, 15) is 4.79 Å². The number of piperazine rings is 1. The molecule has 1 aliphatic heterocycles. The average Bonchev–Trinajstić information content (AvgIpc) is 2.92. The van der Waals surface area contributed by atoms with Gasteiger partial charge in [-0.2, -0.15) is 0 Å². The number of nitrogens with zero attached hydrogens (tertiary/aromatic N) is 2. The van der Waals surface area contributed by atoms with E-state index in [0.29, 0.717) is 11.3 Å². The SMILES string of the molecule is C=C(/C=C\c1ccccc1C)C(=O)Nc1ccccc1C(C)=N/C(=C/C(=C\C)CN1CCNCC1)C(=C)C. The highest BCUT2D eigenvalue weighted by molar-refractivity contribution is 6.11. The number of carbonyl (C=O) groups excluding carboxylic acids is 1. The number of benzene rings is 2. The zero-order valence-electron chi connectivity index (χ0n) is 23.2. The highest BCUT2D eigenvalue weighted by atomic mass is 16.1. The molecule has 3 rings (SSSR count). The number of aliphatic imine (C=N–C) groups is 1. The van der Waals surface area contributed by atoms with Crippen LogP contribution in [0.15, 0.2) is 107 Å². The molecule has 1 fully saturated rings. The van der Waals surface area contributed by atoms with Gasteiger partial charge in [0, 0.05) is 49.6 Å². The van der Waals surface area contributed by atoms with Gasteiger partial charge in [-0.1, -0.05) is 67.8 Å². The molecule has 198 valence electrons. The molecule has 5 nitrogen and oxygen atoms in total. The van der Waals surface area contributed by atoms with Crippen molar-refractivity contribution in [1.82, 2.24) is 10.2 Å². The molecule has 2 aromatic carbocycles. The summed E-state index contributed by atoms with van der Waals surface area (Å²) in [6, 6.07) is 15.7. The van der Waals surface area contributed by atoms with E-state index in [4.69, 9.17) is 4.99 Å². The molecule has 0 saturated carbocycles. The molecular weight excluding hydrogens is 468 g/mol. The van der Waals surface area contributed by atoms with Gasteiger partial charge in [0.15, 0.2) is 0 Å². The normalized spacial score (nSPS) is 15.5. The lowest BCUT2D eigenvalue weighted by atomic mass is 10.1. The molecule has 0 radical (unpaired) electrons. The van der Waals surface area contributed by atoms with Gasteiger partial charge >= 0.3 is 0 Å². The van der Waals surface area contributed by atoms with Crippen molar-refractivity contribution >= 4 is 23.4 Å². The van der Waals surface area contributed by atoms with E-state index in [1.54, 1.807) is 6.08 Å². The summed E-state index contributed by atoms with van der Waals surface area (Å²) in [5.41, 5.74) is 7.85. The van der Waals surface area contributed by atoms with Crippen LogP contribution in [0, 0.1) is 6.92 Å². The van der Waals surface area contributed by atoms with Crippen LogP contribution in [0.25, 0.3) is 6.08 Å². The van der Waals surface area contributed by atoms with Gasteiger partial charge in [-0.3, -0.25) is 14.7 Å². The number of amides is 1. The molecule has 2 aromatic rings. The molecule has 0 aliphatic carbocycles. The summed E-state index contributed by atoms with van der Waals surface area (Å²) in [5, 5.41) is 6.41. The molecule has 0 bridgehead atoms. The summed E-state index contributed by atoms with van der Waals surface area (Å²) >= 11 is 0. The molecule has 1 amide bonds. The molecule has 0 unspecified atom stereocenters. The van der Waals surface area contributed by atoms with Gasteiger partial charge in [-0.25, -0.2) is 0 Å². The number of carbonyl (C=O) groups is 1.